The molecule has 0 aliphatic rings. The third-order valence-corrected chi connectivity index (χ3v) is 4.74. The molecule has 118 valence electrons. The smallest absolute Gasteiger partial charge is 0.251 e. The van der Waals surface area contributed by atoms with Gasteiger partial charge in [0.05, 0.1) is 12.3 Å². The fraction of sp³-hybridized carbons (Fsp3) is 0.375. The summed E-state index contributed by atoms with van der Waals surface area (Å²) >= 11 is 3.31. The summed E-state index contributed by atoms with van der Waals surface area (Å²) < 4.78 is 5.62. The van der Waals surface area contributed by atoms with E-state index in [1.54, 1.807) is 17.8 Å². The SMILES string of the molecule is CCCSCc1cc(=O)[nH]c(SCCOc2ccccc2)n1. The van der Waals surface area contributed by atoms with E-state index in [0.29, 0.717) is 11.8 Å². The first kappa shape index (κ1) is 17.0. The molecule has 2 rings (SSSR count). The molecular weight excluding hydrogens is 316 g/mol. The molecule has 1 aromatic heterocycles. The highest BCUT2D eigenvalue weighted by molar-refractivity contribution is 7.99. The minimum atomic E-state index is -0.0893. The molecule has 0 aliphatic heterocycles. The average molecular weight is 336 g/mol. The molecule has 0 saturated heterocycles. The Balaban J connectivity index is 1.80. The number of nitrogens with zero attached hydrogens (tertiary/aromatic N) is 1. The highest BCUT2D eigenvalue weighted by Gasteiger charge is 2.03. The zero-order chi connectivity index (χ0) is 15.6. The summed E-state index contributed by atoms with van der Waals surface area (Å²) in [4.78, 5) is 18.9. The number of thioether (sulfide) groups is 2. The maximum Gasteiger partial charge on any atom is 0.251 e. The van der Waals surface area contributed by atoms with Crippen molar-refractivity contribution in [2.24, 2.45) is 0 Å². The van der Waals surface area contributed by atoms with Gasteiger partial charge in [0.2, 0.25) is 0 Å². The molecule has 0 bridgehead atoms. The Morgan fingerprint density at radius 3 is 2.82 bits per heavy atom. The Kier molecular flexibility index (Phi) is 7.39. The maximum atomic E-state index is 11.6. The van der Waals surface area contributed by atoms with Crippen molar-refractivity contribution in [2.75, 3.05) is 18.1 Å². The van der Waals surface area contributed by atoms with Gasteiger partial charge in [-0.05, 0) is 24.3 Å². The number of hydrogen-bond acceptors (Lipinski definition) is 5. The van der Waals surface area contributed by atoms with Crippen LogP contribution in [0.3, 0.4) is 0 Å². The standard InChI is InChI=1S/C16H20N2O2S2/c1-2-9-21-12-13-11-15(19)18-16(17-13)22-10-8-20-14-6-4-3-5-7-14/h3-7,11H,2,8-10,12H2,1H3,(H,17,18,19). The average Bonchev–Trinajstić information content (AvgIpc) is 2.52. The molecule has 0 fully saturated rings. The molecule has 2 aromatic rings. The van der Waals surface area contributed by atoms with Gasteiger partial charge in [0.1, 0.15) is 5.75 Å². The predicted molar refractivity (Wildman–Crippen MR) is 94.0 cm³/mol. The molecule has 6 heteroatoms. The van der Waals surface area contributed by atoms with Gasteiger partial charge in [-0.2, -0.15) is 11.8 Å². The fourth-order valence-electron chi connectivity index (χ4n) is 1.76. The fourth-order valence-corrected chi connectivity index (χ4v) is 3.27. The summed E-state index contributed by atoms with van der Waals surface area (Å²) in [6.07, 6.45) is 1.13. The first-order valence-electron chi connectivity index (χ1n) is 7.26. The third kappa shape index (κ3) is 6.15. The van der Waals surface area contributed by atoms with Crippen LogP contribution in [0.1, 0.15) is 19.0 Å². The van der Waals surface area contributed by atoms with Crippen LogP contribution >= 0.6 is 23.5 Å². The molecule has 1 N–H and O–H groups in total. The van der Waals surface area contributed by atoms with E-state index in [9.17, 15) is 4.79 Å². The zero-order valence-corrected chi connectivity index (χ0v) is 14.2. The van der Waals surface area contributed by atoms with E-state index in [-0.39, 0.29) is 5.56 Å². The Morgan fingerprint density at radius 1 is 1.23 bits per heavy atom. The van der Waals surface area contributed by atoms with Crippen LogP contribution in [0.25, 0.3) is 0 Å². The van der Waals surface area contributed by atoms with Crippen LogP contribution in [0.2, 0.25) is 0 Å². The van der Waals surface area contributed by atoms with Crippen molar-refractivity contribution < 1.29 is 4.74 Å². The van der Waals surface area contributed by atoms with E-state index in [1.165, 1.54) is 11.8 Å². The van der Waals surface area contributed by atoms with Crippen molar-refractivity contribution in [3.8, 4) is 5.75 Å². The lowest BCUT2D eigenvalue weighted by Crippen LogP contribution is -2.10. The van der Waals surface area contributed by atoms with Gasteiger partial charge in [-0.15, -0.1) is 0 Å². The minimum absolute atomic E-state index is 0.0893. The quantitative estimate of drug-likeness (QED) is 0.431. The van der Waals surface area contributed by atoms with Crippen molar-refractivity contribution in [1.82, 2.24) is 9.97 Å². The van der Waals surface area contributed by atoms with Gasteiger partial charge in [-0.25, -0.2) is 4.98 Å². The molecule has 0 unspecified atom stereocenters. The van der Waals surface area contributed by atoms with Gasteiger partial charge in [-0.3, -0.25) is 4.79 Å². The Labute approximate surface area is 139 Å². The first-order valence-corrected chi connectivity index (χ1v) is 9.40. The maximum absolute atomic E-state index is 11.6. The number of H-pyrrole nitrogens is 1. The summed E-state index contributed by atoms with van der Waals surface area (Å²) in [5.74, 6) is 3.46. The van der Waals surface area contributed by atoms with E-state index in [2.05, 4.69) is 16.9 Å². The second-order valence-electron chi connectivity index (χ2n) is 4.60. The van der Waals surface area contributed by atoms with Crippen LogP contribution in [0.5, 0.6) is 5.75 Å². The molecule has 0 aliphatic carbocycles. The lowest BCUT2D eigenvalue weighted by molar-refractivity contribution is 0.344. The molecule has 0 atom stereocenters. The van der Waals surface area contributed by atoms with Crippen LogP contribution in [0, 0.1) is 0 Å². The van der Waals surface area contributed by atoms with E-state index in [4.69, 9.17) is 4.74 Å². The van der Waals surface area contributed by atoms with Gasteiger partial charge < -0.3 is 9.72 Å². The van der Waals surface area contributed by atoms with E-state index >= 15 is 0 Å². The number of rotatable bonds is 9. The van der Waals surface area contributed by atoms with Crippen molar-refractivity contribution in [3.05, 3.63) is 52.4 Å². The number of para-hydroxylation sites is 1. The molecule has 1 aromatic carbocycles. The molecule has 4 nitrogen and oxygen atoms in total. The van der Waals surface area contributed by atoms with Gasteiger partial charge in [0.15, 0.2) is 5.16 Å². The van der Waals surface area contributed by atoms with E-state index in [1.807, 2.05) is 30.3 Å². The van der Waals surface area contributed by atoms with Crippen LogP contribution in [-0.4, -0.2) is 28.1 Å². The van der Waals surface area contributed by atoms with Crippen molar-refractivity contribution in [3.63, 3.8) is 0 Å². The van der Waals surface area contributed by atoms with Crippen molar-refractivity contribution in [1.29, 1.82) is 0 Å². The topological polar surface area (TPSA) is 55.0 Å². The second-order valence-corrected chi connectivity index (χ2v) is 6.79. The monoisotopic (exact) mass is 336 g/mol. The number of hydrogen-bond donors (Lipinski definition) is 1. The normalized spacial score (nSPS) is 10.6. The van der Waals surface area contributed by atoms with Gasteiger partial charge in [0, 0.05) is 17.6 Å². The van der Waals surface area contributed by atoms with Crippen LogP contribution in [-0.2, 0) is 5.75 Å². The van der Waals surface area contributed by atoms with Gasteiger partial charge in [-0.1, -0.05) is 36.9 Å². The number of aromatic nitrogens is 2. The number of ether oxygens (including phenoxy) is 1. The number of benzene rings is 1. The highest BCUT2D eigenvalue weighted by atomic mass is 32.2. The van der Waals surface area contributed by atoms with Crippen LogP contribution in [0.4, 0.5) is 0 Å². The lowest BCUT2D eigenvalue weighted by Gasteiger charge is -2.06. The third-order valence-electron chi connectivity index (χ3n) is 2.71. The van der Waals surface area contributed by atoms with Gasteiger partial charge >= 0.3 is 0 Å². The Morgan fingerprint density at radius 2 is 2.05 bits per heavy atom. The molecule has 1 heterocycles. The zero-order valence-electron chi connectivity index (χ0n) is 12.6. The first-order chi connectivity index (χ1) is 10.8. The van der Waals surface area contributed by atoms with Gasteiger partial charge in [0.25, 0.3) is 5.56 Å². The largest absolute Gasteiger partial charge is 0.493 e. The Bertz CT molecular complexity index is 617. The molecule has 0 radical (unpaired) electrons. The van der Waals surface area contributed by atoms with Crippen molar-refractivity contribution >= 4 is 23.5 Å². The summed E-state index contributed by atoms with van der Waals surface area (Å²) in [6, 6.07) is 11.3. The highest BCUT2D eigenvalue weighted by Crippen LogP contribution is 2.15. The summed E-state index contributed by atoms with van der Waals surface area (Å²) in [6.45, 7) is 2.72. The minimum Gasteiger partial charge on any atom is -0.493 e. The lowest BCUT2D eigenvalue weighted by atomic mass is 10.3. The second kappa shape index (κ2) is 9.58. The van der Waals surface area contributed by atoms with Crippen molar-refractivity contribution in [2.45, 2.75) is 24.3 Å². The number of nitrogens with one attached hydrogen (secondary N) is 1. The predicted octanol–water partition coefficient (Wildman–Crippen LogP) is 3.58. The molecule has 0 saturated carbocycles. The number of aromatic amines is 1. The van der Waals surface area contributed by atoms with Crippen LogP contribution in [0.15, 0.2) is 46.3 Å². The Hall–Kier alpha value is -1.40. The molecular formula is C16H20N2O2S2. The summed E-state index contributed by atoms with van der Waals surface area (Å²) in [7, 11) is 0. The summed E-state index contributed by atoms with van der Waals surface area (Å²) in [5, 5.41) is 0.663. The van der Waals surface area contributed by atoms with E-state index in [0.717, 1.165) is 35.1 Å². The molecule has 22 heavy (non-hydrogen) atoms. The van der Waals surface area contributed by atoms with Crippen LogP contribution < -0.4 is 10.3 Å². The molecule has 0 amide bonds. The summed E-state index contributed by atoms with van der Waals surface area (Å²) in [5.41, 5.74) is 0.752. The molecule has 0 spiro atoms. The van der Waals surface area contributed by atoms with E-state index < -0.39 is 0 Å².